The lowest BCUT2D eigenvalue weighted by Gasteiger charge is -2.21. The number of nitrogens with zero attached hydrogens (tertiary/aromatic N) is 4. The monoisotopic (exact) mass is 371 g/mol. The Kier molecular flexibility index (Phi) is 5.16. The van der Waals surface area contributed by atoms with Gasteiger partial charge in [-0.05, 0) is 30.5 Å². The first-order valence-corrected chi connectivity index (χ1v) is 9.49. The van der Waals surface area contributed by atoms with Crippen molar-refractivity contribution in [1.29, 1.82) is 5.26 Å². The van der Waals surface area contributed by atoms with Gasteiger partial charge in [0.25, 0.3) is 0 Å². The van der Waals surface area contributed by atoms with Crippen molar-refractivity contribution in [2.45, 2.75) is 25.3 Å². The van der Waals surface area contributed by atoms with E-state index in [0.717, 1.165) is 37.0 Å². The van der Waals surface area contributed by atoms with Gasteiger partial charge >= 0.3 is 0 Å². The van der Waals surface area contributed by atoms with E-state index in [4.69, 9.17) is 4.98 Å². The zero-order valence-corrected chi connectivity index (χ0v) is 15.5. The number of carbonyl (C=O) groups excluding carboxylic acids is 1. The highest BCUT2D eigenvalue weighted by Gasteiger charge is 2.29. The predicted octanol–water partition coefficient (Wildman–Crippen LogP) is 3.15. The van der Waals surface area contributed by atoms with Crippen molar-refractivity contribution in [3.8, 4) is 6.07 Å². The van der Waals surface area contributed by atoms with Gasteiger partial charge in [0, 0.05) is 19.6 Å². The third kappa shape index (κ3) is 3.65. The second-order valence-corrected chi connectivity index (χ2v) is 6.88. The smallest absolute Gasteiger partial charge is 0.243 e. The molecule has 1 aliphatic heterocycles. The second kappa shape index (κ2) is 8.05. The van der Waals surface area contributed by atoms with Crippen molar-refractivity contribution in [1.82, 2.24) is 15.3 Å². The fourth-order valence-corrected chi connectivity index (χ4v) is 3.49. The number of rotatable bonds is 5. The number of aromatic nitrogens is 2. The summed E-state index contributed by atoms with van der Waals surface area (Å²) in [6.45, 7) is 2.10. The Morgan fingerprint density at radius 1 is 1.04 bits per heavy atom. The van der Waals surface area contributed by atoms with Crippen molar-refractivity contribution in [3.05, 3.63) is 65.9 Å². The van der Waals surface area contributed by atoms with Gasteiger partial charge in [-0.3, -0.25) is 4.79 Å². The summed E-state index contributed by atoms with van der Waals surface area (Å²) in [7, 11) is 0. The maximum atomic E-state index is 12.8. The van der Waals surface area contributed by atoms with Crippen LogP contribution in [0.5, 0.6) is 0 Å². The average molecular weight is 371 g/mol. The summed E-state index contributed by atoms with van der Waals surface area (Å²) in [5, 5.41) is 12.7. The number of benzene rings is 2. The van der Waals surface area contributed by atoms with Crippen LogP contribution in [-0.4, -0.2) is 29.0 Å². The fourth-order valence-electron chi connectivity index (χ4n) is 3.49. The number of para-hydroxylation sites is 2. The van der Waals surface area contributed by atoms with Gasteiger partial charge in [-0.2, -0.15) is 5.26 Å². The van der Waals surface area contributed by atoms with Gasteiger partial charge in [0.15, 0.2) is 11.7 Å². The van der Waals surface area contributed by atoms with Gasteiger partial charge in [-0.15, -0.1) is 0 Å². The molecule has 4 rings (SSSR count). The van der Waals surface area contributed by atoms with Crippen LogP contribution in [0.2, 0.25) is 0 Å². The van der Waals surface area contributed by atoms with Crippen molar-refractivity contribution < 1.29 is 4.79 Å². The maximum Gasteiger partial charge on any atom is 0.243 e. The van der Waals surface area contributed by atoms with Crippen LogP contribution in [-0.2, 0) is 11.3 Å². The van der Waals surface area contributed by atoms with E-state index in [1.54, 1.807) is 0 Å². The van der Waals surface area contributed by atoms with Crippen LogP contribution >= 0.6 is 0 Å². The highest BCUT2D eigenvalue weighted by atomic mass is 16.1. The molecular formula is C22H21N5O. The number of fused-ring (bicyclic) bond motifs is 1. The summed E-state index contributed by atoms with van der Waals surface area (Å²) in [4.78, 5) is 24.4. The standard InChI is InChI=1S/C22H21N5O/c23-14-17(22(28)24-15-16-8-2-1-3-9-16)20-21(27-12-6-7-13-27)26-19-11-5-4-10-18(19)25-20/h1-5,8-11,17H,6-7,12-13,15H2,(H,24,28)/t17-/m0/s1. The lowest BCUT2D eigenvalue weighted by atomic mass is 10.0. The van der Waals surface area contributed by atoms with E-state index in [1.165, 1.54) is 0 Å². The minimum Gasteiger partial charge on any atom is -0.355 e. The van der Waals surface area contributed by atoms with Gasteiger partial charge in [0.05, 0.1) is 17.1 Å². The highest BCUT2D eigenvalue weighted by Crippen LogP contribution is 2.29. The normalized spacial score (nSPS) is 14.6. The van der Waals surface area contributed by atoms with E-state index in [1.807, 2.05) is 54.6 Å². The Labute approximate surface area is 163 Å². The zero-order valence-electron chi connectivity index (χ0n) is 15.5. The molecule has 1 aliphatic rings. The van der Waals surface area contributed by atoms with Crippen LogP contribution in [0.15, 0.2) is 54.6 Å². The minimum absolute atomic E-state index is 0.351. The van der Waals surface area contributed by atoms with Gasteiger partial charge in [0.2, 0.25) is 5.91 Å². The van der Waals surface area contributed by atoms with E-state index in [2.05, 4.69) is 21.3 Å². The SMILES string of the molecule is N#C[C@H](C(=O)NCc1ccccc1)c1nc2ccccc2nc1N1CCCC1. The molecule has 2 heterocycles. The molecule has 0 unspecified atom stereocenters. The van der Waals surface area contributed by atoms with Crippen LogP contribution in [0, 0.1) is 11.3 Å². The second-order valence-electron chi connectivity index (χ2n) is 6.88. The molecule has 28 heavy (non-hydrogen) atoms. The Balaban J connectivity index is 1.67. The topological polar surface area (TPSA) is 81.9 Å². The highest BCUT2D eigenvalue weighted by molar-refractivity contribution is 5.88. The first kappa shape index (κ1) is 17.9. The average Bonchev–Trinajstić information content (AvgIpc) is 3.28. The Bertz CT molecular complexity index is 1020. The number of carbonyl (C=O) groups is 1. The van der Waals surface area contributed by atoms with E-state index in [0.29, 0.717) is 23.6 Å². The van der Waals surface area contributed by atoms with Gasteiger partial charge in [0.1, 0.15) is 5.69 Å². The Morgan fingerprint density at radius 3 is 2.36 bits per heavy atom. The lowest BCUT2D eigenvalue weighted by Crippen LogP contribution is -2.31. The van der Waals surface area contributed by atoms with E-state index in [9.17, 15) is 10.1 Å². The molecule has 6 heteroatoms. The van der Waals surface area contributed by atoms with Crippen LogP contribution in [0.4, 0.5) is 5.82 Å². The van der Waals surface area contributed by atoms with Gasteiger partial charge < -0.3 is 10.2 Å². The molecule has 1 fully saturated rings. The molecule has 3 aromatic rings. The summed E-state index contributed by atoms with van der Waals surface area (Å²) in [6, 6.07) is 19.3. The van der Waals surface area contributed by atoms with Crippen LogP contribution in [0.1, 0.15) is 30.0 Å². The van der Waals surface area contributed by atoms with Gasteiger partial charge in [-0.1, -0.05) is 42.5 Å². The molecule has 0 saturated carbocycles. The number of hydrogen-bond donors (Lipinski definition) is 1. The Hall–Kier alpha value is -3.46. The lowest BCUT2D eigenvalue weighted by molar-refractivity contribution is -0.121. The molecule has 1 atom stereocenters. The third-order valence-electron chi connectivity index (χ3n) is 4.96. The quantitative estimate of drug-likeness (QED) is 0.745. The molecule has 0 bridgehead atoms. The molecule has 1 amide bonds. The van der Waals surface area contributed by atoms with Crippen molar-refractivity contribution in [2.24, 2.45) is 0 Å². The molecule has 0 radical (unpaired) electrons. The molecule has 140 valence electrons. The summed E-state index contributed by atoms with van der Waals surface area (Å²) >= 11 is 0. The summed E-state index contributed by atoms with van der Waals surface area (Å²) < 4.78 is 0. The number of amides is 1. The molecule has 1 N–H and O–H groups in total. The van der Waals surface area contributed by atoms with Crippen molar-refractivity contribution in [2.75, 3.05) is 18.0 Å². The van der Waals surface area contributed by atoms with Crippen molar-refractivity contribution >= 4 is 22.8 Å². The molecule has 1 saturated heterocycles. The Morgan fingerprint density at radius 2 is 1.68 bits per heavy atom. The number of nitrogens with one attached hydrogen (secondary N) is 1. The first-order chi connectivity index (χ1) is 13.8. The van der Waals surface area contributed by atoms with Crippen molar-refractivity contribution in [3.63, 3.8) is 0 Å². The van der Waals surface area contributed by atoms with Crippen LogP contribution in [0.3, 0.4) is 0 Å². The molecule has 0 spiro atoms. The third-order valence-corrected chi connectivity index (χ3v) is 4.96. The summed E-state index contributed by atoms with van der Waals surface area (Å²) in [6.07, 6.45) is 2.15. The number of anilines is 1. The predicted molar refractivity (Wildman–Crippen MR) is 108 cm³/mol. The first-order valence-electron chi connectivity index (χ1n) is 9.49. The largest absolute Gasteiger partial charge is 0.355 e. The minimum atomic E-state index is -1.00. The van der Waals surface area contributed by atoms with Gasteiger partial charge in [-0.25, -0.2) is 9.97 Å². The summed E-state index contributed by atoms with van der Waals surface area (Å²) in [5.41, 5.74) is 2.89. The maximum absolute atomic E-state index is 12.8. The zero-order chi connectivity index (χ0) is 19.3. The fraction of sp³-hybridized carbons (Fsp3) is 0.273. The number of nitriles is 1. The molecule has 0 aliphatic carbocycles. The molecule has 6 nitrogen and oxygen atoms in total. The summed E-state index contributed by atoms with van der Waals surface area (Å²) in [5.74, 6) is -0.703. The van der Waals surface area contributed by atoms with Crippen LogP contribution in [0.25, 0.3) is 11.0 Å². The molecule has 1 aromatic heterocycles. The number of hydrogen-bond acceptors (Lipinski definition) is 5. The molecule has 2 aromatic carbocycles. The van der Waals surface area contributed by atoms with E-state index >= 15 is 0 Å². The van der Waals surface area contributed by atoms with E-state index in [-0.39, 0.29) is 5.91 Å². The van der Waals surface area contributed by atoms with E-state index < -0.39 is 5.92 Å². The van der Waals surface area contributed by atoms with Crippen LogP contribution < -0.4 is 10.2 Å². The molecular weight excluding hydrogens is 350 g/mol.